The number of benzene rings is 2. The molecule has 170 valence electrons. The van der Waals surface area contributed by atoms with Crippen LogP contribution in [0, 0.1) is 0 Å². The van der Waals surface area contributed by atoms with E-state index >= 15 is 0 Å². The Morgan fingerprint density at radius 1 is 0.844 bits per heavy atom. The monoisotopic (exact) mass is 433 g/mol. The number of piperidine rings is 1. The van der Waals surface area contributed by atoms with Crippen LogP contribution in [-0.4, -0.2) is 67.5 Å². The molecular weight excluding hydrogens is 398 g/mol. The number of guanidine groups is 1. The van der Waals surface area contributed by atoms with Gasteiger partial charge in [-0.05, 0) is 56.0 Å². The molecule has 2 aromatic rings. The van der Waals surface area contributed by atoms with E-state index in [1.54, 1.807) is 0 Å². The van der Waals surface area contributed by atoms with Gasteiger partial charge in [-0.3, -0.25) is 4.79 Å². The number of aliphatic imine (C=N–C) groups is 1. The van der Waals surface area contributed by atoms with Gasteiger partial charge in [-0.2, -0.15) is 0 Å². The molecule has 1 amide bonds. The van der Waals surface area contributed by atoms with Gasteiger partial charge in [0.1, 0.15) is 0 Å². The van der Waals surface area contributed by atoms with E-state index in [-0.39, 0.29) is 5.91 Å². The number of para-hydroxylation sites is 1. The number of hydrogen-bond acceptors (Lipinski definition) is 3. The molecule has 2 fully saturated rings. The summed E-state index contributed by atoms with van der Waals surface area (Å²) in [6.07, 6.45) is 3.47. The van der Waals surface area contributed by atoms with Crippen molar-refractivity contribution < 1.29 is 4.79 Å². The Morgan fingerprint density at radius 3 is 2.19 bits per heavy atom. The minimum atomic E-state index is 0.157. The molecule has 0 saturated carbocycles. The summed E-state index contributed by atoms with van der Waals surface area (Å²) in [6.45, 7) is 9.21. The lowest BCUT2D eigenvalue weighted by Crippen LogP contribution is -2.52. The third-order valence-electron chi connectivity index (χ3n) is 6.29. The zero-order valence-electron chi connectivity index (χ0n) is 19.2. The third kappa shape index (κ3) is 5.61. The van der Waals surface area contributed by atoms with Crippen LogP contribution in [0.1, 0.15) is 42.1 Å². The minimum absolute atomic E-state index is 0.157. The summed E-state index contributed by atoms with van der Waals surface area (Å²) in [5.41, 5.74) is 3.19. The van der Waals surface area contributed by atoms with Gasteiger partial charge in [0.2, 0.25) is 0 Å². The molecule has 0 aliphatic carbocycles. The molecule has 0 aromatic heterocycles. The minimum Gasteiger partial charge on any atom is -0.368 e. The molecule has 2 aliphatic rings. The fourth-order valence-electron chi connectivity index (χ4n) is 4.44. The molecule has 0 radical (unpaired) electrons. The average molecular weight is 434 g/mol. The summed E-state index contributed by atoms with van der Waals surface area (Å²) in [5.74, 6) is 1.12. The smallest absolute Gasteiger partial charge is 0.253 e. The van der Waals surface area contributed by atoms with Gasteiger partial charge in [0.25, 0.3) is 5.91 Å². The number of hydrogen-bond donors (Lipinski definition) is 1. The van der Waals surface area contributed by atoms with Crippen LogP contribution in [0.2, 0.25) is 0 Å². The van der Waals surface area contributed by atoms with Crippen molar-refractivity contribution in [3.63, 3.8) is 0 Å². The lowest BCUT2D eigenvalue weighted by Gasteiger charge is -2.37. The molecule has 0 spiro atoms. The van der Waals surface area contributed by atoms with Crippen molar-refractivity contribution in [3.8, 4) is 0 Å². The van der Waals surface area contributed by atoms with E-state index in [9.17, 15) is 4.79 Å². The maximum absolute atomic E-state index is 12.7. The van der Waals surface area contributed by atoms with E-state index in [1.807, 2.05) is 29.2 Å². The Balaban J connectivity index is 1.34. The summed E-state index contributed by atoms with van der Waals surface area (Å²) < 4.78 is 0. The molecule has 0 atom stereocenters. The molecule has 2 aliphatic heterocycles. The second-order valence-corrected chi connectivity index (χ2v) is 8.53. The highest BCUT2D eigenvalue weighted by molar-refractivity contribution is 5.94. The molecular formula is C26H35N5O. The van der Waals surface area contributed by atoms with Crippen LogP contribution in [0.4, 0.5) is 5.69 Å². The molecule has 0 bridgehead atoms. The highest BCUT2D eigenvalue weighted by atomic mass is 16.2. The Kier molecular flexibility index (Phi) is 7.64. The van der Waals surface area contributed by atoms with Crippen LogP contribution in [0.15, 0.2) is 59.6 Å². The lowest BCUT2D eigenvalue weighted by molar-refractivity contribution is 0.0724. The van der Waals surface area contributed by atoms with Gasteiger partial charge in [-0.25, -0.2) is 4.99 Å². The highest BCUT2D eigenvalue weighted by Crippen LogP contribution is 2.16. The largest absolute Gasteiger partial charge is 0.368 e. The fourth-order valence-corrected chi connectivity index (χ4v) is 4.44. The van der Waals surface area contributed by atoms with E-state index < -0.39 is 0 Å². The quantitative estimate of drug-likeness (QED) is 0.578. The lowest BCUT2D eigenvalue weighted by atomic mass is 10.1. The van der Waals surface area contributed by atoms with E-state index in [2.05, 4.69) is 52.4 Å². The normalized spacial score (nSPS) is 17.4. The Hall–Kier alpha value is -3.02. The standard InChI is InChI=1S/C26H35N5O/c1-2-27-26(31-19-17-29(18-20-31)24-9-5-3-6-10-24)28-21-22-11-13-23(14-12-22)25(32)30-15-7-4-8-16-30/h3,5-6,9-14H,2,4,7-8,15-21H2,1H3,(H,27,28). The predicted octanol–water partition coefficient (Wildman–Crippen LogP) is 3.60. The molecule has 2 saturated heterocycles. The Labute approximate surface area is 191 Å². The second-order valence-electron chi connectivity index (χ2n) is 8.53. The molecule has 0 unspecified atom stereocenters. The fraction of sp³-hybridized carbons (Fsp3) is 0.462. The first-order valence-electron chi connectivity index (χ1n) is 12.0. The SMILES string of the molecule is CCNC(=NCc1ccc(C(=O)N2CCCCC2)cc1)N1CCN(c2ccccc2)CC1. The van der Waals surface area contributed by atoms with Crippen LogP contribution >= 0.6 is 0 Å². The van der Waals surface area contributed by atoms with E-state index in [0.29, 0.717) is 6.54 Å². The summed E-state index contributed by atoms with van der Waals surface area (Å²) in [4.78, 5) is 24.3. The van der Waals surface area contributed by atoms with Crippen LogP contribution in [0.5, 0.6) is 0 Å². The number of nitrogens with zero attached hydrogens (tertiary/aromatic N) is 4. The number of amides is 1. The summed E-state index contributed by atoms with van der Waals surface area (Å²) in [5, 5.41) is 3.45. The van der Waals surface area contributed by atoms with Gasteiger partial charge in [0.15, 0.2) is 5.96 Å². The van der Waals surface area contributed by atoms with Crippen LogP contribution in [0.3, 0.4) is 0 Å². The number of anilines is 1. The maximum Gasteiger partial charge on any atom is 0.253 e. The number of nitrogens with one attached hydrogen (secondary N) is 1. The number of carbonyl (C=O) groups is 1. The van der Waals surface area contributed by atoms with Crippen molar-refractivity contribution in [3.05, 3.63) is 65.7 Å². The maximum atomic E-state index is 12.7. The van der Waals surface area contributed by atoms with E-state index in [4.69, 9.17) is 4.99 Å². The van der Waals surface area contributed by atoms with Crippen molar-refractivity contribution in [1.29, 1.82) is 0 Å². The van der Waals surface area contributed by atoms with Crippen molar-refractivity contribution in [1.82, 2.24) is 15.1 Å². The van der Waals surface area contributed by atoms with Crippen LogP contribution in [-0.2, 0) is 6.54 Å². The van der Waals surface area contributed by atoms with Crippen LogP contribution in [0.25, 0.3) is 0 Å². The van der Waals surface area contributed by atoms with Gasteiger partial charge in [-0.1, -0.05) is 30.3 Å². The van der Waals surface area contributed by atoms with Crippen molar-refractivity contribution in [2.24, 2.45) is 4.99 Å². The topological polar surface area (TPSA) is 51.2 Å². The Morgan fingerprint density at radius 2 is 1.53 bits per heavy atom. The van der Waals surface area contributed by atoms with Crippen molar-refractivity contribution in [2.75, 3.05) is 50.7 Å². The summed E-state index contributed by atoms with van der Waals surface area (Å²) in [6, 6.07) is 18.6. The first kappa shape index (κ1) is 22.2. The van der Waals surface area contributed by atoms with Gasteiger partial charge in [0.05, 0.1) is 6.54 Å². The van der Waals surface area contributed by atoms with Crippen molar-refractivity contribution in [2.45, 2.75) is 32.7 Å². The first-order valence-corrected chi connectivity index (χ1v) is 12.0. The number of piperazine rings is 1. The van der Waals surface area contributed by atoms with Gasteiger partial charge in [-0.15, -0.1) is 0 Å². The van der Waals surface area contributed by atoms with E-state index in [1.165, 1.54) is 12.1 Å². The number of rotatable bonds is 5. The predicted molar refractivity (Wildman–Crippen MR) is 131 cm³/mol. The molecule has 6 nitrogen and oxygen atoms in total. The molecule has 32 heavy (non-hydrogen) atoms. The van der Waals surface area contributed by atoms with Gasteiger partial charge < -0.3 is 20.0 Å². The summed E-state index contributed by atoms with van der Waals surface area (Å²) >= 11 is 0. The average Bonchev–Trinajstić information content (AvgIpc) is 2.87. The van der Waals surface area contributed by atoms with E-state index in [0.717, 1.165) is 75.7 Å². The number of carbonyl (C=O) groups excluding carboxylic acids is 1. The van der Waals surface area contributed by atoms with Crippen molar-refractivity contribution >= 4 is 17.6 Å². The molecule has 6 heteroatoms. The Bertz CT molecular complexity index is 882. The highest BCUT2D eigenvalue weighted by Gasteiger charge is 2.20. The molecule has 2 heterocycles. The molecule has 2 aromatic carbocycles. The first-order chi connectivity index (χ1) is 15.7. The van der Waals surface area contributed by atoms with Gasteiger partial charge >= 0.3 is 0 Å². The zero-order chi connectivity index (χ0) is 22.2. The van der Waals surface area contributed by atoms with Crippen LogP contribution < -0.4 is 10.2 Å². The third-order valence-corrected chi connectivity index (χ3v) is 6.29. The second kappa shape index (κ2) is 11.0. The molecule has 1 N–H and O–H groups in total. The summed E-state index contributed by atoms with van der Waals surface area (Å²) in [7, 11) is 0. The zero-order valence-corrected chi connectivity index (χ0v) is 19.2. The molecule has 4 rings (SSSR count). The van der Waals surface area contributed by atoms with Gasteiger partial charge in [0, 0.05) is 57.1 Å². The number of likely N-dealkylation sites (tertiary alicyclic amines) is 1.